The molecule has 0 amide bonds. The summed E-state index contributed by atoms with van der Waals surface area (Å²) in [5, 5.41) is 3.46. The first-order valence-corrected chi connectivity index (χ1v) is 7.64. The Balaban J connectivity index is 2.97. The molecule has 0 aromatic heterocycles. The third-order valence-corrected chi connectivity index (χ3v) is 3.88. The highest BCUT2D eigenvalue weighted by Gasteiger charge is 2.32. The lowest BCUT2D eigenvalue weighted by molar-refractivity contribution is -0.0340. The van der Waals surface area contributed by atoms with E-state index in [9.17, 15) is 0 Å². The average molecular weight is 277 g/mol. The molecule has 0 spiro atoms. The summed E-state index contributed by atoms with van der Waals surface area (Å²) in [5.41, 5.74) is 4.23. The van der Waals surface area contributed by atoms with Gasteiger partial charge in [0, 0.05) is 12.6 Å². The Bertz CT molecular complexity index is 420. The molecule has 1 rings (SSSR count). The SMILES string of the molecule is CCOC(C(Cc1cc(C)ccc1C)NC)C(C)(C)C. The van der Waals surface area contributed by atoms with E-state index in [2.05, 4.69) is 65.1 Å². The molecule has 1 N–H and O–H groups in total. The van der Waals surface area contributed by atoms with Crippen LogP contribution in [-0.2, 0) is 11.2 Å². The van der Waals surface area contributed by atoms with Gasteiger partial charge in [0.15, 0.2) is 0 Å². The van der Waals surface area contributed by atoms with Crippen LogP contribution in [0.4, 0.5) is 0 Å². The minimum atomic E-state index is 0.126. The van der Waals surface area contributed by atoms with Gasteiger partial charge in [-0.2, -0.15) is 0 Å². The summed E-state index contributed by atoms with van der Waals surface area (Å²) in [6.07, 6.45) is 1.21. The molecule has 2 heteroatoms. The zero-order valence-electron chi connectivity index (χ0n) is 14.2. The fraction of sp³-hybridized carbons (Fsp3) is 0.667. The number of hydrogen-bond donors (Lipinski definition) is 1. The van der Waals surface area contributed by atoms with Crippen LogP contribution < -0.4 is 5.32 Å². The van der Waals surface area contributed by atoms with E-state index < -0.39 is 0 Å². The normalized spacial score (nSPS) is 15.2. The lowest BCUT2D eigenvalue weighted by atomic mass is 9.82. The minimum absolute atomic E-state index is 0.126. The van der Waals surface area contributed by atoms with Gasteiger partial charge in [-0.25, -0.2) is 0 Å². The summed E-state index contributed by atoms with van der Waals surface area (Å²) in [6, 6.07) is 7.02. The van der Waals surface area contributed by atoms with Crippen molar-refractivity contribution < 1.29 is 4.74 Å². The van der Waals surface area contributed by atoms with Crippen LogP contribution in [0.3, 0.4) is 0 Å². The Morgan fingerprint density at radius 1 is 1.20 bits per heavy atom. The summed E-state index contributed by atoms with van der Waals surface area (Å²) in [6.45, 7) is 13.9. The van der Waals surface area contributed by atoms with Gasteiger partial charge >= 0.3 is 0 Å². The average Bonchev–Trinajstić information content (AvgIpc) is 2.36. The molecular formula is C18H31NO. The number of aryl methyl sites for hydroxylation is 2. The minimum Gasteiger partial charge on any atom is -0.376 e. The lowest BCUT2D eigenvalue weighted by Crippen LogP contribution is -2.48. The third-order valence-electron chi connectivity index (χ3n) is 3.88. The topological polar surface area (TPSA) is 21.3 Å². The Labute approximate surface area is 124 Å². The fourth-order valence-corrected chi connectivity index (χ4v) is 2.77. The van der Waals surface area contributed by atoms with Crippen molar-refractivity contribution in [2.24, 2.45) is 5.41 Å². The molecule has 0 fully saturated rings. The van der Waals surface area contributed by atoms with Gasteiger partial charge in [-0.3, -0.25) is 0 Å². The van der Waals surface area contributed by atoms with Gasteiger partial charge in [0.05, 0.1) is 6.10 Å². The van der Waals surface area contributed by atoms with Crippen molar-refractivity contribution in [1.29, 1.82) is 0 Å². The molecule has 2 unspecified atom stereocenters. The monoisotopic (exact) mass is 277 g/mol. The van der Waals surface area contributed by atoms with Gasteiger partial charge in [0.25, 0.3) is 0 Å². The number of likely N-dealkylation sites (N-methyl/N-ethyl adjacent to an activating group) is 1. The number of benzene rings is 1. The highest BCUT2D eigenvalue weighted by molar-refractivity contribution is 5.31. The number of hydrogen-bond acceptors (Lipinski definition) is 2. The second kappa shape index (κ2) is 7.24. The first kappa shape index (κ1) is 17.2. The highest BCUT2D eigenvalue weighted by atomic mass is 16.5. The zero-order valence-corrected chi connectivity index (χ0v) is 14.2. The van der Waals surface area contributed by atoms with Crippen LogP contribution in [0.2, 0.25) is 0 Å². The second-order valence-corrected chi connectivity index (χ2v) is 6.77. The molecule has 0 aliphatic rings. The third kappa shape index (κ3) is 4.60. The van der Waals surface area contributed by atoms with E-state index in [1.54, 1.807) is 0 Å². The molecule has 1 aromatic carbocycles. The van der Waals surface area contributed by atoms with Crippen LogP contribution in [0.1, 0.15) is 44.4 Å². The molecule has 1 aromatic rings. The van der Waals surface area contributed by atoms with Crippen LogP contribution in [0, 0.1) is 19.3 Å². The first-order valence-electron chi connectivity index (χ1n) is 7.64. The van der Waals surface area contributed by atoms with Crippen molar-refractivity contribution in [2.45, 2.75) is 60.1 Å². The van der Waals surface area contributed by atoms with Crippen LogP contribution in [0.5, 0.6) is 0 Å². The van der Waals surface area contributed by atoms with Crippen molar-refractivity contribution in [3.05, 3.63) is 34.9 Å². The summed E-state index contributed by atoms with van der Waals surface area (Å²) in [4.78, 5) is 0. The molecule has 0 radical (unpaired) electrons. The number of nitrogens with one attached hydrogen (secondary N) is 1. The van der Waals surface area contributed by atoms with Gasteiger partial charge in [-0.05, 0) is 50.8 Å². The molecule has 2 nitrogen and oxygen atoms in total. The van der Waals surface area contributed by atoms with Gasteiger partial charge in [-0.1, -0.05) is 44.5 Å². The number of ether oxygens (including phenoxy) is 1. The van der Waals surface area contributed by atoms with Crippen LogP contribution in [0.25, 0.3) is 0 Å². The molecule has 114 valence electrons. The van der Waals surface area contributed by atoms with E-state index >= 15 is 0 Å². The molecule has 0 saturated carbocycles. The van der Waals surface area contributed by atoms with Crippen molar-refractivity contribution in [3.8, 4) is 0 Å². The lowest BCUT2D eigenvalue weighted by Gasteiger charge is -2.37. The van der Waals surface area contributed by atoms with Crippen molar-refractivity contribution in [3.63, 3.8) is 0 Å². The predicted octanol–water partition coefficient (Wildman–Crippen LogP) is 3.89. The fourth-order valence-electron chi connectivity index (χ4n) is 2.77. The predicted molar refractivity (Wildman–Crippen MR) is 87.3 cm³/mol. The van der Waals surface area contributed by atoms with Crippen LogP contribution in [-0.4, -0.2) is 25.8 Å². The standard InChI is InChI=1S/C18H31NO/c1-8-20-17(18(4,5)6)16(19-7)12-15-11-13(2)9-10-14(15)3/h9-11,16-17,19H,8,12H2,1-7H3. The van der Waals surface area contributed by atoms with E-state index in [1.807, 2.05) is 7.05 Å². The van der Waals surface area contributed by atoms with E-state index in [-0.39, 0.29) is 11.5 Å². The molecule has 0 heterocycles. The van der Waals surface area contributed by atoms with E-state index in [1.165, 1.54) is 16.7 Å². The van der Waals surface area contributed by atoms with E-state index in [0.717, 1.165) is 13.0 Å². The maximum absolute atomic E-state index is 6.04. The van der Waals surface area contributed by atoms with Crippen molar-refractivity contribution in [2.75, 3.05) is 13.7 Å². The zero-order chi connectivity index (χ0) is 15.3. The molecule has 0 aliphatic carbocycles. The van der Waals surface area contributed by atoms with Crippen LogP contribution in [0.15, 0.2) is 18.2 Å². The summed E-state index contributed by atoms with van der Waals surface area (Å²) < 4.78 is 6.04. The molecule has 2 atom stereocenters. The van der Waals surface area contributed by atoms with Gasteiger partial charge < -0.3 is 10.1 Å². The number of rotatable bonds is 6. The Morgan fingerprint density at radius 2 is 1.85 bits per heavy atom. The molecular weight excluding hydrogens is 246 g/mol. The van der Waals surface area contributed by atoms with Crippen molar-refractivity contribution in [1.82, 2.24) is 5.32 Å². The second-order valence-electron chi connectivity index (χ2n) is 6.77. The largest absolute Gasteiger partial charge is 0.376 e. The van der Waals surface area contributed by atoms with E-state index in [0.29, 0.717) is 6.04 Å². The summed E-state index contributed by atoms with van der Waals surface area (Å²) >= 11 is 0. The summed E-state index contributed by atoms with van der Waals surface area (Å²) in [5.74, 6) is 0. The Morgan fingerprint density at radius 3 is 2.35 bits per heavy atom. The molecule has 0 saturated heterocycles. The maximum atomic E-state index is 6.04. The highest BCUT2D eigenvalue weighted by Crippen LogP contribution is 2.27. The molecule has 0 bridgehead atoms. The van der Waals surface area contributed by atoms with Gasteiger partial charge in [0.2, 0.25) is 0 Å². The first-order chi connectivity index (χ1) is 9.29. The van der Waals surface area contributed by atoms with E-state index in [4.69, 9.17) is 4.74 Å². The smallest absolute Gasteiger partial charge is 0.0779 e. The van der Waals surface area contributed by atoms with Gasteiger partial charge in [0.1, 0.15) is 0 Å². The quantitative estimate of drug-likeness (QED) is 0.852. The Kier molecular flexibility index (Phi) is 6.22. The summed E-state index contributed by atoms with van der Waals surface area (Å²) in [7, 11) is 2.04. The molecule has 20 heavy (non-hydrogen) atoms. The molecule has 0 aliphatic heterocycles. The van der Waals surface area contributed by atoms with Gasteiger partial charge in [-0.15, -0.1) is 0 Å². The van der Waals surface area contributed by atoms with Crippen molar-refractivity contribution >= 4 is 0 Å². The van der Waals surface area contributed by atoms with Crippen LogP contribution >= 0.6 is 0 Å². The maximum Gasteiger partial charge on any atom is 0.0779 e. The Hall–Kier alpha value is -0.860.